The first-order valence-corrected chi connectivity index (χ1v) is 8.85. The van der Waals surface area contributed by atoms with Gasteiger partial charge < -0.3 is 20.1 Å². The Balaban J connectivity index is 1.84. The van der Waals surface area contributed by atoms with Crippen LogP contribution in [0.25, 0.3) is 0 Å². The third-order valence-electron chi connectivity index (χ3n) is 3.94. The van der Waals surface area contributed by atoms with E-state index in [4.69, 9.17) is 9.47 Å². The molecule has 1 unspecified atom stereocenters. The van der Waals surface area contributed by atoms with Gasteiger partial charge in [0, 0.05) is 19.2 Å². The van der Waals surface area contributed by atoms with Crippen LogP contribution in [0, 0.1) is 6.92 Å². The van der Waals surface area contributed by atoms with Crippen molar-refractivity contribution < 1.29 is 19.1 Å². The van der Waals surface area contributed by atoms with Gasteiger partial charge in [-0.1, -0.05) is 29.8 Å². The minimum atomic E-state index is -0.640. The Hall–Kier alpha value is -2.86. The molecule has 144 valence electrons. The Bertz CT molecular complexity index is 776. The largest absolute Gasteiger partial charge is 0.491 e. The molecule has 0 aliphatic heterocycles. The van der Waals surface area contributed by atoms with Crippen molar-refractivity contribution in [2.45, 2.75) is 26.4 Å². The summed E-state index contributed by atoms with van der Waals surface area (Å²) in [5.41, 5.74) is 2.44. The van der Waals surface area contributed by atoms with E-state index in [1.165, 1.54) is 0 Å². The van der Waals surface area contributed by atoms with Crippen molar-refractivity contribution in [3.05, 3.63) is 65.2 Å². The highest BCUT2D eigenvalue weighted by Gasteiger charge is 2.16. The van der Waals surface area contributed by atoms with Gasteiger partial charge in [0.2, 0.25) is 5.91 Å². The lowest BCUT2D eigenvalue weighted by atomic mass is 10.1. The molecule has 27 heavy (non-hydrogen) atoms. The van der Waals surface area contributed by atoms with Gasteiger partial charge in [-0.15, -0.1) is 0 Å². The third kappa shape index (κ3) is 6.75. The Morgan fingerprint density at radius 1 is 1.07 bits per heavy atom. The fourth-order valence-electron chi connectivity index (χ4n) is 2.46. The van der Waals surface area contributed by atoms with Crippen LogP contribution in [-0.2, 0) is 16.1 Å². The molecule has 6 nitrogen and oxygen atoms in total. The molecule has 0 spiro atoms. The summed E-state index contributed by atoms with van der Waals surface area (Å²) in [7, 11) is 1.62. The first kappa shape index (κ1) is 20.5. The van der Waals surface area contributed by atoms with Crippen molar-refractivity contribution >= 4 is 11.8 Å². The molecule has 1 atom stereocenters. The molecule has 0 aliphatic carbocycles. The molecule has 2 amide bonds. The maximum atomic E-state index is 12.3. The van der Waals surface area contributed by atoms with E-state index in [-0.39, 0.29) is 11.8 Å². The molecule has 2 rings (SSSR count). The van der Waals surface area contributed by atoms with Crippen molar-refractivity contribution in [1.82, 2.24) is 10.6 Å². The fraction of sp³-hybridized carbons (Fsp3) is 0.333. The molecule has 0 bridgehead atoms. The van der Waals surface area contributed by atoms with Gasteiger partial charge in [0.1, 0.15) is 18.4 Å². The zero-order chi connectivity index (χ0) is 19.6. The number of aryl methyl sites for hydroxylation is 1. The quantitative estimate of drug-likeness (QED) is 0.665. The van der Waals surface area contributed by atoms with Crippen LogP contribution in [-0.4, -0.2) is 38.2 Å². The van der Waals surface area contributed by atoms with E-state index in [2.05, 4.69) is 10.6 Å². The molecule has 0 heterocycles. The molecule has 0 aliphatic rings. The zero-order valence-corrected chi connectivity index (χ0v) is 16.0. The Kier molecular flexibility index (Phi) is 7.82. The molecule has 0 saturated heterocycles. The van der Waals surface area contributed by atoms with E-state index in [1.807, 2.05) is 43.3 Å². The number of nitrogens with one attached hydrogen (secondary N) is 2. The lowest BCUT2D eigenvalue weighted by Crippen LogP contribution is -2.44. The van der Waals surface area contributed by atoms with Gasteiger partial charge in [-0.3, -0.25) is 9.59 Å². The summed E-state index contributed by atoms with van der Waals surface area (Å²) < 4.78 is 10.5. The van der Waals surface area contributed by atoms with E-state index >= 15 is 0 Å². The molecule has 2 aromatic carbocycles. The van der Waals surface area contributed by atoms with Gasteiger partial charge in [0.05, 0.1) is 6.61 Å². The van der Waals surface area contributed by atoms with Crippen LogP contribution in [0.4, 0.5) is 0 Å². The highest BCUT2D eigenvalue weighted by atomic mass is 16.5. The standard InChI is InChI=1S/C21H26N2O4/c1-15-6-4-8-18(12-15)21(25)23-16(2)20(24)22-14-17-7-5-9-19(13-17)27-11-10-26-3/h4-9,12-13,16H,10-11,14H2,1-3H3,(H,22,24)(H,23,25). The summed E-state index contributed by atoms with van der Waals surface area (Å²) in [6, 6.07) is 14.1. The number of hydrogen-bond donors (Lipinski definition) is 2. The molecule has 0 aromatic heterocycles. The second-order valence-corrected chi connectivity index (χ2v) is 6.27. The summed E-state index contributed by atoms with van der Waals surface area (Å²) in [4.78, 5) is 24.5. The van der Waals surface area contributed by atoms with Crippen LogP contribution in [0.2, 0.25) is 0 Å². The van der Waals surface area contributed by atoms with Crippen LogP contribution in [0.1, 0.15) is 28.4 Å². The van der Waals surface area contributed by atoms with Gasteiger partial charge in [-0.25, -0.2) is 0 Å². The number of ether oxygens (including phenoxy) is 2. The van der Waals surface area contributed by atoms with E-state index in [9.17, 15) is 9.59 Å². The molecular weight excluding hydrogens is 344 g/mol. The molecule has 0 fully saturated rings. The normalized spacial score (nSPS) is 11.5. The van der Waals surface area contributed by atoms with E-state index in [1.54, 1.807) is 26.2 Å². The van der Waals surface area contributed by atoms with Crippen LogP contribution >= 0.6 is 0 Å². The maximum Gasteiger partial charge on any atom is 0.251 e. The predicted molar refractivity (Wildman–Crippen MR) is 104 cm³/mol. The number of benzene rings is 2. The Morgan fingerprint density at radius 2 is 1.85 bits per heavy atom. The van der Waals surface area contributed by atoms with Gasteiger partial charge in [0.25, 0.3) is 5.91 Å². The second-order valence-electron chi connectivity index (χ2n) is 6.27. The number of carbonyl (C=O) groups excluding carboxylic acids is 2. The number of rotatable bonds is 9. The van der Waals surface area contributed by atoms with Gasteiger partial charge in [-0.2, -0.15) is 0 Å². The van der Waals surface area contributed by atoms with Crippen LogP contribution in [0.3, 0.4) is 0 Å². The summed E-state index contributed by atoms with van der Waals surface area (Å²) in [5.74, 6) is 0.205. The topological polar surface area (TPSA) is 76.7 Å². The van der Waals surface area contributed by atoms with Crippen molar-refractivity contribution in [1.29, 1.82) is 0 Å². The summed E-state index contributed by atoms with van der Waals surface area (Å²) in [6.07, 6.45) is 0. The first-order valence-electron chi connectivity index (χ1n) is 8.85. The molecular formula is C21H26N2O4. The van der Waals surface area contributed by atoms with Crippen molar-refractivity contribution in [2.24, 2.45) is 0 Å². The molecule has 0 radical (unpaired) electrons. The minimum Gasteiger partial charge on any atom is -0.491 e. The predicted octanol–water partition coefficient (Wildman–Crippen LogP) is 2.45. The highest BCUT2D eigenvalue weighted by molar-refractivity contribution is 5.97. The van der Waals surface area contributed by atoms with Gasteiger partial charge >= 0.3 is 0 Å². The van der Waals surface area contributed by atoms with E-state index < -0.39 is 6.04 Å². The van der Waals surface area contributed by atoms with E-state index in [0.29, 0.717) is 25.3 Å². The Labute approximate surface area is 159 Å². The second kappa shape index (κ2) is 10.3. The average molecular weight is 370 g/mol. The number of hydrogen-bond acceptors (Lipinski definition) is 4. The fourth-order valence-corrected chi connectivity index (χ4v) is 2.46. The molecule has 2 aromatic rings. The average Bonchev–Trinajstić information content (AvgIpc) is 2.66. The number of amides is 2. The lowest BCUT2D eigenvalue weighted by molar-refractivity contribution is -0.122. The summed E-state index contributed by atoms with van der Waals surface area (Å²) in [6.45, 7) is 4.91. The van der Waals surface area contributed by atoms with Crippen molar-refractivity contribution in [3.8, 4) is 5.75 Å². The molecule has 0 saturated carbocycles. The lowest BCUT2D eigenvalue weighted by Gasteiger charge is -2.15. The molecule has 6 heteroatoms. The molecule has 2 N–H and O–H groups in total. The highest BCUT2D eigenvalue weighted by Crippen LogP contribution is 2.13. The smallest absolute Gasteiger partial charge is 0.251 e. The van der Waals surface area contributed by atoms with Gasteiger partial charge in [-0.05, 0) is 43.7 Å². The number of carbonyl (C=O) groups is 2. The monoisotopic (exact) mass is 370 g/mol. The van der Waals surface area contributed by atoms with E-state index in [0.717, 1.165) is 16.9 Å². The van der Waals surface area contributed by atoms with Gasteiger partial charge in [0.15, 0.2) is 0 Å². The van der Waals surface area contributed by atoms with Crippen molar-refractivity contribution in [3.63, 3.8) is 0 Å². The maximum absolute atomic E-state index is 12.3. The van der Waals surface area contributed by atoms with Crippen LogP contribution in [0.15, 0.2) is 48.5 Å². The van der Waals surface area contributed by atoms with Crippen molar-refractivity contribution in [2.75, 3.05) is 20.3 Å². The SMILES string of the molecule is COCCOc1cccc(CNC(=O)C(C)NC(=O)c2cccc(C)c2)c1. The Morgan fingerprint density at radius 3 is 2.59 bits per heavy atom. The minimum absolute atomic E-state index is 0.248. The summed E-state index contributed by atoms with van der Waals surface area (Å²) >= 11 is 0. The van der Waals surface area contributed by atoms with Crippen LogP contribution in [0.5, 0.6) is 5.75 Å². The summed E-state index contributed by atoms with van der Waals surface area (Å²) in [5, 5.41) is 5.54. The first-order chi connectivity index (χ1) is 13.0. The number of methoxy groups -OCH3 is 1. The third-order valence-corrected chi connectivity index (χ3v) is 3.94. The van der Waals surface area contributed by atoms with Crippen LogP contribution < -0.4 is 15.4 Å². The zero-order valence-electron chi connectivity index (χ0n) is 16.0.